The highest BCUT2D eigenvalue weighted by Crippen LogP contribution is 2.36. The summed E-state index contributed by atoms with van der Waals surface area (Å²) in [6.45, 7) is 14.6. The molecule has 3 heterocycles. The van der Waals surface area contributed by atoms with Gasteiger partial charge in [-0.3, -0.25) is 0 Å². The van der Waals surface area contributed by atoms with E-state index in [9.17, 15) is 4.79 Å². The first-order valence-corrected chi connectivity index (χ1v) is 12.4. The van der Waals surface area contributed by atoms with Crippen molar-refractivity contribution in [1.29, 1.82) is 0 Å². The normalized spacial score (nSPS) is 19.4. The van der Waals surface area contributed by atoms with Gasteiger partial charge in [0.2, 0.25) is 0 Å². The Balaban J connectivity index is 1.20. The molecule has 1 aromatic heterocycles. The van der Waals surface area contributed by atoms with Crippen molar-refractivity contribution in [3.63, 3.8) is 0 Å². The lowest BCUT2D eigenvalue weighted by Gasteiger charge is -2.37. The highest BCUT2D eigenvalue weighted by atomic mass is 16.7. The third-order valence-corrected chi connectivity index (χ3v) is 7.59. The van der Waals surface area contributed by atoms with Crippen LogP contribution in [0.4, 0.5) is 11.4 Å². The average molecular weight is 475 g/mol. The lowest BCUT2D eigenvalue weighted by Crippen LogP contribution is -2.46. The minimum Gasteiger partial charge on any atom is -0.399 e. The van der Waals surface area contributed by atoms with E-state index in [-0.39, 0.29) is 24.0 Å². The third kappa shape index (κ3) is 4.39. The Labute approximate surface area is 207 Å². The van der Waals surface area contributed by atoms with Crippen LogP contribution in [0.25, 0.3) is 5.69 Å². The first-order valence-electron chi connectivity index (χ1n) is 12.4. The molecule has 3 aromatic rings. The number of aromatic nitrogens is 3. The zero-order valence-electron chi connectivity index (χ0n) is 21.3. The van der Waals surface area contributed by atoms with Crippen LogP contribution in [-0.4, -0.2) is 58.8 Å². The Kier molecular flexibility index (Phi) is 6.01. The number of aryl methyl sites for hydroxylation is 1. The number of rotatable bonds is 5. The maximum absolute atomic E-state index is 12.3. The predicted octanol–water partition coefficient (Wildman–Crippen LogP) is 2.68. The Morgan fingerprint density at radius 3 is 1.71 bits per heavy atom. The van der Waals surface area contributed by atoms with E-state index in [0.29, 0.717) is 6.54 Å². The van der Waals surface area contributed by atoms with Gasteiger partial charge in [-0.05, 0) is 76.5 Å². The van der Waals surface area contributed by atoms with Crippen molar-refractivity contribution >= 4 is 24.0 Å². The van der Waals surface area contributed by atoms with Crippen molar-refractivity contribution in [2.75, 3.05) is 36.0 Å². The minimum absolute atomic E-state index is 0.113. The van der Waals surface area contributed by atoms with E-state index in [1.807, 2.05) is 19.1 Å². The Morgan fingerprint density at radius 2 is 1.26 bits per heavy atom. The van der Waals surface area contributed by atoms with Gasteiger partial charge >= 0.3 is 12.8 Å². The fourth-order valence-electron chi connectivity index (χ4n) is 4.60. The quantitative estimate of drug-likeness (QED) is 0.529. The number of anilines is 2. The molecule has 2 aliphatic rings. The van der Waals surface area contributed by atoms with E-state index in [1.165, 1.54) is 16.1 Å². The van der Waals surface area contributed by atoms with Gasteiger partial charge in [0.1, 0.15) is 6.33 Å². The van der Waals surface area contributed by atoms with Crippen molar-refractivity contribution in [2.45, 2.75) is 52.4 Å². The van der Waals surface area contributed by atoms with Crippen LogP contribution in [0.15, 0.2) is 59.7 Å². The van der Waals surface area contributed by atoms with Crippen molar-refractivity contribution in [2.24, 2.45) is 0 Å². The van der Waals surface area contributed by atoms with Gasteiger partial charge in [0.15, 0.2) is 0 Å². The zero-order valence-corrected chi connectivity index (χ0v) is 21.3. The standard InChI is InChI=1S/C26H34BN5O3/c1-6-32-24(33)31(19-28-32)23-13-11-22(12-14-23)30-17-15-29(16-18-30)21-9-7-20(8-10-21)27-34-25(2,3)26(4,5)35-27/h7-14,19H,6,15-18H2,1-5H3. The predicted molar refractivity (Wildman–Crippen MR) is 140 cm³/mol. The second kappa shape index (κ2) is 8.88. The Hall–Kier alpha value is -3.04. The van der Waals surface area contributed by atoms with E-state index < -0.39 is 0 Å². The smallest absolute Gasteiger partial charge is 0.399 e. The molecule has 0 atom stereocenters. The SMILES string of the molecule is CCn1ncn(-c2ccc(N3CCN(c4ccc(B5OC(C)(C)C(C)(C)O5)cc4)CC3)cc2)c1=O. The summed E-state index contributed by atoms with van der Waals surface area (Å²) in [6, 6.07) is 16.7. The summed E-state index contributed by atoms with van der Waals surface area (Å²) in [5.41, 5.74) is 3.48. The van der Waals surface area contributed by atoms with Crippen LogP contribution < -0.4 is 21.0 Å². The van der Waals surface area contributed by atoms with E-state index in [1.54, 1.807) is 10.9 Å². The highest BCUT2D eigenvalue weighted by molar-refractivity contribution is 6.62. The molecule has 0 N–H and O–H groups in total. The molecule has 0 amide bonds. The van der Waals surface area contributed by atoms with Crippen LogP contribution in [0.1, 0.15) is 34.6 Å². The number of benzene rings is 2. The molecule has 8 nitrogen and oxygen atoms in total. The monoisotopic (exact) mass is 475 g/mol. The molecule has 0 bridgehead atoms. The summed E-state index contributed by atoms with van der Waals surface area (Å²) in [4.78, 5) is 17.1. The number of piperazine rings is 1. The summed E-state index contributed by atoms with van der Waals surface area (Å²) < 4.78 is 15.4. The van der Waals surface area contributed by atoms with Gasteiger partial charge in [0, 0.05) is 44.1 Å². The van der Waals surface area contributed by atoms with Gasteiger partial charge in [-0.1, -0.05) is 12.1 Å². The van der Waals surface area contributed by atoms with Crippen LogP contribution in [-0.2, 0) is 15.9 Å². The molecular weight excluding hydrogens is 441 g/mol. The topological polar surface area (TPSA) is 64.8 Å². The summed E-state index contributed by atoms with van der Waals surface area (Å²) in [6.07, 6.45) is 1.58. The van der Waals surface area contributed by atoms with Crippen molar-refractivity contribution in [3.05, 3.63) is 65.3 Å². The van der Waals surface area contributed by atoms with Crippen molar-refractivity contribution in [1.82, 2.24) is 14.3 Å². The molecule has 0 aliphatic carbocycles. The second-order valence-electron chi connectivity index (χ2n) is 10.3. The first kappa shape index (κ1) is 23.7. The van der Waals surface area contributed by atoms with Gasteiger partial charge < -0.3 is 19.1 Å². The fraction of sp³-hybridized carbons (Fsp3) is 0.462. The molecule has 0 unspecified atom stereocenters. The van der Waals surface area contributed by atoms with Gasteiger partial charge in [-0.25, -0.2) is 14.0 Å². The molecule has 5 rings (SSSR count). The molecule has 0 saturated carbocycles. The van der Waals surface area contributed by atoms with Gasteiger partial charge in [-0.15, -0.1) is 0 Å². The first-order chi connectivity index (χ1) is 16.7. The number of hydrogen-bond donors (Lipinski definition) is 0. The van der Waals surface area contributed by atoms with E-state index in [0.717, 1.165) is 37.3 Å². The largest absolute Gasteiger partial charge is 0.494 e. The van der Waals surface area contributed by atoms with Crippen molar-refractivity contribution in [3.8, 4) is 5.69 Å². The molecular formula is C26H34BN5O3. The minimum atomic E-state index is -0.335. The molecule has 0 spiro atoms. The van der Waals surface area contributed by atoms with Gasteiger partial charge in [0.25, 0.3) is 0 Å². The van der Waals surface area contributed by atoms with E-state index in [2.05, 4.69) is 79.0 Å². The van der Waals surface area contributed by atoms with Crippen LogP contribution >= 0.6 is 0 Å². The average Bonchev–Trinajstić information content (AvgIpc) is 3.34. The molecule has 2 saturated heterocycles. The summed E-state index contributed by atoms with van der Waals surface area (Å²) >= 11 is 0. The van der Waals surface area contributed by atoms with Gasteiger partial charge in [0.05, 0.1) is 16.9 Å². The van der Waals surface area contributed by atoms with Crippen LogP contribution in [0.5, 0.6) is 0 Å². The summed E-state index contributed by atoms with van der Waals surface area (Å²) in [5, 5.41) is 4.14. The molecule has 2 aromatic carbocycles. The number of hydrogen-bond acceptors (Lipinski definition) is 6. The molecule has 184 valence electrons. The summed E-state index contributed by atoms with van der Waals surface area (Å²) in [7, 11) is -0.332. The van der Waals surface area contributed by atoms with Gasteiger partial charge in [-0.2, -0.15) is 5.10 Å². The molecule has 35 heavy (non-hydrogen) atoms. The van der Waals surface area contributed by atoms with E-state index in [4.69, 9.17) is 9.31 Å². The fourth-order valence-corrected chi connectivity index (χ4v) is 4.60. The van der Waals surface area contributed by atoms with Crippen LogP contribution in [0, 0.1) is 0 Å². The molecule has 9 heteroatoms. The highest BCUT2D eigenvalue weighted by Gasteiger charge is 2.51. The van der Waals surface area contributed by atoms with Crippen LogP contribution in [0.2, 0.25) is 0 Å². The van der Waals surface area contributed by atoms with Crippen molar-refractivity contribution < 1.29 is 9.31 Å². The molecule has 2 aliphatic heterocycles. The third-order valence-electron chi connectivity index (χ3n) is 7.59. The zero-order chi connectivity index (χ0) is 24.8. The maximum atomic E-state index is 12.3. The number of nitrogens with zero attached hydrogens (tertiary/aromatic N) is 5. The Bertz CT molecular complexity index is 1210. The summed E-state index contributed by atoms with van der Waals surface area (Å²) in [5.74, 6) is 0. The van der Waals surface area contributed by atoms with E-state index >= 15 is 0 Å². The van der Waals surface area contributed by atoms with Crippen LogP contribution in [0.3, 0.4) is 0 Å². The lowest BCUT2D eigenvalue weighted by molar-refractivity contribution is 0.00578. The molecule has 0 radical (unpaired) electrons. The second-order valence-corrected chi connectivity index (χ2v) is 10.3. The Morgan fingerprint density at radius 1 is 0.800 bits per heavy atom. The lowest BCUT2D eigenvalue weighted by atomic mass is 9.79. The molecule has 2 fully saturated rings. The maximum Gasteiger partial charge on any atom is 0.494 e.